The number of anilines is 1. The lowest BCUT2D eigenvalue weighted by atomic mass is 10.3. The summed E-state index contributed by atoms with van der Waals surface area (Å²) in [5, 5.41) is 14.3. The highest BCUT2D eigenvalue weighted by Gasteiger charge is 2.15. The average molecular weight is 296 g/mol. The van der Waals surface area contributed by atoms with Crippen molar-refractivity contribution in [2.75, 3.05) is 31.5 Å². The smallest absolute Gasteiger partial charge is 0.354 e. The molecule has 1 rings (SSSR count). The van der Waals surface area contributed by atoms with Crippen LogP contribution in [0.2, 0.25) is 0 Å². The van der Waals surface area contributed by atoms with Crippen LogP contribution in [0.4, 0.5) is 10.5 Å². The van der Waals surface area contributed by atoms with Crippen LogP contribution in [0.3, 0.4) is 0 Å². The fraction of sp³-hybridized carbons (Fsp3) is 0.571. The van der Waals surface area contributed by atoms with Crippen LogP contribution >= 0.6 is 0 Å². The van der Waals surface area contributed by atoms with Crippen LogP contribution in [0.1, 0.15) is 36.5 Å². The Hall–Kier alpha value is -2.02. The van der Waals surface area contributed by atoms with E-state index in [9.17, 15) is 9.59 Å². The van der Waals surface area contributed by atoms with Crippen LogP contribution in [0.25, 0.3) is 0 Å². The molecule has 0 spiro atoms. The minimum Gasteiger partial charge on any atom is -0.477 e. The Bertz CT molecular complexity index is 481. The molecule has 0 atom stereocenters. The Kier molecular flexibility index (Phi) is 6.74. The van der Waals surface area contributed by atoms with Crippen molar-refractivity contribution in [1.82, 2.24) is 15.2 Å². The van der Waals surface area contributed by atoms with Crippen LogP contribution < -0.4 is 10.6 Å². The summed E-state index contributed by atoms with van der Waals surface area (Å²) in [6.07, 6.45) is 0.854. The van der Waals surface area contributed by atoms with Gasteiger partial charge in [-0.25, -0.2) is 9.59 Å². The first-order chi connectivity index (χ1) is 9.97. The summed E-state index contributed by atoms with van der Waals surface area (Å²) in [5.74, 6) is -1.10. The molecule has 1 aromatic rings. The highest BCUT2D eigenvalue weighted by molar-refractivity contribution is 5.99. The molecule has 118 valence electrons. The third kappa shape index (κ3) is 5.47. The molecule has 0 saturated heterocycles. The van der Waals surface area contributed by atoms with E-state index in [4.69, 9.17) is 5.11 Å². The molecule has 0 aromatic carbocycles. The molecule has 0 bridgehead atoms. The highest BCUT2D eigenvalue weighted by Crippen LogP contribution is 2.16. The second kappa shape index (κ2) is 8.31. The van der Waals surface area contributed by atoms with Gasteiger partial charge in [0.1, 0.15) is 5.69 Å². The van der Waals surface area contributed by atoms with Gasteiger partial charge in [-0.05, 0) is 39.0 Å². The molecule has 0 aliphatic carbocycles. The molecule has 0 unspecified atom stereocenters. The molecular weight excluding hydrogens is 272 g/mol. The van der Waals surface area contributed by atoms with Gasteiger partial charge in [0.2, 0.25) is 0 Å². The fourth-order valence-corrected chi connectivity index (χ4v) is 2.07. The number of aromatic carboxylic acids is 1. The average Bonchev–Trinajstić information content (AvgIpc) is 2.80. The van der Waals surface area contributed by atoms with Gasteiger partial charge < -0.3 is 25.6 Å². The molecule has 0 aliphatic heterocycles. The molecular formula is C14H24N4O3. The van der Waals surface area contributed by atoms with Gasteiger partial charge in [-0.15, -0.1) is 0 Å². The molecule has 21 heavy (non-hydrogen) atoms. The topological polar surface area (TPSA) is 97.5 Å². The number of H-pyrrole nitrogens is 1. The number of nitrogens with zero attached hydrogens (tertiary/aromatic N) is 1. The zero-order valence-corrected chi connectivity index (χ0v) is 12.8. The minimum absolute atomic E-state index is 0.00853. The van der Waals surface area contributed by atoms with Crippen LogP contribution in [-0.2, 0) is 0 Å². The number of carboxylic acids is 1. The third-order valence-electron chi connectivity index (χ3n) is 3.25. The second-order valence-electron chi connectivity index (χ2n) is 4.81. The monoisotopic (exact) mass is 296 g/mol. The molecule has 2 amide bonds. The summed E-state index contributed by atoms with van der Waals surface area (Å²) >= 11 is 0. The standard InChI is InChI=1S/C14H24N4O3/c1-4-18(5-2)8-6-7-15-14(21)17-11-9-10(3)16-12(11)13(19)20/h9,16H,4-8H2,1-3H3,(H,19,20)(H2,15,17,21). The maximum Gasteiger partial charge on any atom is 0.354 e. The van der Waals surface area contributed by atoms with Gasteiger partial charge in [-0.2, -0.15) is 0 Å². The van der Waals surface area contributed by atoms with Crippen molar-refractivity contribution in [1.29, 1.82) is 0 Å². The van der Waals surface area contributed by atoms with Crippen molar-refractivity contribution in [3.05, 3.63) is 17.5 Å². The number of nitrogens with one attached hydrogen (secondary N) is 3. The van der Waals surface area contributed by atoms with E-state index < -0.39 is 12.0 Å². The van der Waals surface area contributed by atoms with Crippen LogP contribution in [0, 0.1) is 6.92 Å². The minimum atomic E-state index is -1.10. The number of amides is 2. The lowest BCUT2D eigenvalue weighted by Crippen LogP contribution is -2.32. The summed E-state index contributed by atoms with van der Waals surface area (Å²) < 4.78 is 0. The van der Waals surface area contributed by atoms with E-state index in [2.05, 4.69) is 34.4 Å². The van der Waals surface area contributed by atoms with Gasteiger partial charge in [-0.1, -0.05) is 13.8 Å². The molecule has 0 aliphatic rings. The summed E-state index contributed by atoms with van der Waals surface area (Å²) in [7, 11) is 0. The predicted molar refractivity (Wildman–Crippen MR) is 81.9 cm³/mol. The Morgan fingerprint density at radius 3 is 2.57 bits per heavy atom. The van der Waals surface area contributed by atoms with Crippen LogP contribution in [0.15, 0.2) is 6.07 Å². The van der Waals surface area contributed by atoms with Gasteiger partial charge in [0, 0.05) is 12.2 Å². The first-order valence-corrected chi connectivity index (χ1v) is 7.18. The van der Waals surface area contributed by atoms with Crippen molar-refractivity contribution in [3.63, 3.8) is 0 Å². The SMILES string of the molecule is CCN(CC)CCCNC(=O)Nc1cc(C)[nH]c1C(=O)O. The Morgan fingerprint density at radius 2 is 2.00 bits per heavy atom. The van der Waals surface area contributed by atoms with E-state index in [1.807, 2.05) is 0 Å². The van der Waals surface area contributed by atoms with E-state index in [1.54, 1.807) is 13.0 Å². The van der Waals surface area contributed by atoms with Gasteiger partial charge in [-0.3, -0.25) is 0 Å². The largest absolute Gasteiger partial charge is 0.477 e. The molecule has 7 nitrogen and oxygen atoms in total. The van der Waals surface area contributed by atoms with Crippen molar-refractivity contribution < 1.29 is 14.7 Å². The molecule has 0 saturated carbocycles. The maximum absolute atomic E-state index is 11.7. The molecule has 1 aromatic heterocycles. The third-order valence-corrected chi connectivity index (χ3v) is 3.25. The van der Waals surface area contributed by atoms with Crippen LogP contribution in [-0.4, -0.2) is 53.2 Å². The van der Waals surface area contributed by atoms with E-state index >= 15 is 0 Å². The maximum atomic E-state index is 11.7. The number of urea groups is 1. The predicted octanol–water partition coefficient (Wildman–Crippen LogP) is 1.87. The Balaban J connectivity index is 2.39. The summed E-state index contributed by atoms with van der Waals surface area (Å²) in [6, 6.07) is 1.20. The lowest BCUT2D eigenvalue weighted by molar-refractivity contribution is 0.0692. The molecule has 0 radical (unpaired) electrons. The van der Waals surface area contributed by atoms with Gasteiger partial charge in [0.15, 0.2) is 0 Å². The normalized spacial score (nSPS) is 10.7. The Morgan fingerprint density at radius 1 is 1.33 bits per heavy atom. The highest BCUT2D eigenvalue weighted by atomic mass is 16.4. The van der Waals surface area contributed by atoms with Crippen LogP contribution in [0.5, 0.6) is 0 Å². The number of carboxylic acid groups (broad SMARTS) is 1. The number of aromatic amines is 1. The Labute approximate surface area is 124 Å². The van der Waals surface area contributed by atoms with Gasteiger partial charge in [0.05, 0.1) is 5.69 Å². The van der Waals surface area contributed by atoms with Gasteiger partial charge in [0.25, 0.3) is 0 Å². The molecule has 7 heteroatoms. The van der Waals surface area contributed by atoms with Crippen molar-refractivity contribution in [2.45, 2.75) is 27.2 Å². The van der Waals surface area contributed by atoms with E-state index in [-0.39, 0.29) is 11.4 Å². The molecule has 4 N–H and O–H groups in total. The first kappa shape index (κ1) is 17.0. The second-order valence-corrected chi connectivity index (χ2v) is 4.81. The van der Waals surface area contributed by atoms with E-state index in [1.165, 1.54) is 0 Å². The van der Waals surface area contributed by atoms with E-state index in [0.717, 1.165) is 26.1 Å². The number of hydrogen-bond donors (Lipinski definition) is 4. The number of carbonyl (C=O) groups excluding carboxylic acids is 1. The number of aromatic nitrogens is 1. The zero-order valence-electron chi connectivity index (χ0n) is 12.8. The quantitative estimate of drug-likeness (QED) is 0.551. The zero-order chi connectivity index (χ0) is 15.8. The number of aryl methyl sites for hydroxylation is 1. The number of hydrogen-bond acceptors (Lipinski definition) is 3. The number of rotatable bonds is 8. The summed E-state index contributed by atoms with van der Waals surface area (Å²) in [6.45, 7) is 9.40. The van der Waals surface area contributed by atoms with E-state index in [0.29, 0.717) is 12.2 Å². The van der Waals surface area contributed by atoms with Crippen molar-refractivity contribution in [3.8, 4) is 0 Å². The molecule has 0 fully saturated rings. The van der Waals surface area contributed by atoms with Crippen molar-refractivity contribution >= 4 is 17.7 Å². The fourth-order valence-electron chi connectivity index (χ4n) is 2.07. The summed E-state index contributed by atoms with van der Waals surface area (Å²) in [5.41, 5.74) is 0.955. The first-order valence-electron chi connectivity index (χ1n) is 7.18. The molecule has 1 heterocycles. The number of carbonyl (C=O) groups is 2. The van der Waals surface area contributed by atoms with Gasteiger partial charge >= 0.3 is 12.0 Å². The summed E-state index contributed by atoms with van der Waals surface area (Å²) in [4.78, 5) is 27.7. The van der Waals surface area contributed by atoms with Crippen molar-refractivity contribution in [2.24, 2.45) is 0 Å². The lowest BCUT2D eigenvalue weighted by Gasteiger charge is -2.17.